The molecule has 1 aliphatic rings. The predicted octanol–water partition coefficient (Wildman–Crippen LogP) is 1.70. The van der Waals surface area contributed by atoms with Gasteiger partial charge in [-0.3, -0.25) is 9.59 Å². The summed E-state index contributed by atoms with van der Waals surface area (Å²) in [6.07, 6.45) is 0.0454. The van der Waals surface area contributed by atoms with E-state index in [2.05, 4.69) is 20.7 Å². The number of methoxy groups -OCH3 is 1. The molecule has 1 fully saturated rings. The first-order chi connectivity index (χ1) is 8.93. The molecule has 1 aliphatic heterocycles. The molecule has 0 radical (unpaired) electrons. The Balaban J connectivity index is 2.30. The molecular formula is C12H12BrFN2O3. The second kappa shape index (κ2) is 5.16. The highest BCUT2D eigenvalue weighted by atomic mass is 79.9. The lowest BCUT2D eigenvalue weighted by Crippen LogP contribution is -2.27. The molecule has 1 aromatic rings. The van der Waals surface area contributed by atoms with Crippen molar-refractivity contribution in [1.82, 2.24) is 0 Å². The largest absolute Gasteiger partial charge is 0.469 e. The maximum absolute atomic E-state index is 13.5. The zero-order valence-corrected chi connectivity index (χ0v) is 11.7. The van der Waals surface area contributed by atoms with Crippen LogP contribution in [0.1, 0.15) is 6.42 Å². The van der Waals surface area contributed by atoms with Crippen molar-refractivity contribution in [1.29, 1.82) is 0 Å². The van der Waals surface area contributed by atoms with Crippen LogP contribution < -0.4 is 10.6 Å². The molecule has 5 nitrogen and oxygen atoms in total. The Hall–Kier alpha value is -1.63. The zero-order valence-electron chi connectivity index (χ0n) is 10.2. The lowest BCUT2D eigenvalue weighted by atomic mass is 10.1. The van der Waals surface area contributed by atoms with Crippen molar-refractivity contribution in [3.63, 3.8) is 0 Å². The first-order valence-corrected chi connectivity index (χ1v) is 6.36. The monoisotopic (exact) mass is 330 g/mol. The molecule has 102 valence electrons. The van der Waals surface area contributed by atoms with E-state index in [-0.39, 0.29) is 34.7 Å². The van der Waals surface area contributed by atoms with Crippen LogP contribution in [-0.2, 0) is 14.3 Å². The first-order valence-electron chi connectivity index (χ1n) is 5.56. The predicted molar refractivity (Wildman–Crippen MR) is 71.0 cm³/mol. The lowest BCUT2D eigenvalue weighted by molar-refractivity contribution is -0.145. The molecule has 1 atom stereocenters. The summed E-state index contributed by atoms with van der Waals surface area (Å²) in [5.41, 5.74) is 6.33. The molecular weight excluding hydrogens is 319 g/mol. The van der Waals surface area contributed by atoms with E-state index in [9.17, 15) is 14.0 Å². The van der Waals surface area contributed by atoms with Gasteiger partial charge in [-0.05, 0) is 22.0 Å². The molecule has 1 unspecified atom stereocenters. The molecule has 2 rings (SSSR count). The van der Waals surface area contributed by atoms with Crippen molar-refractivity contribution >= 4 is 39.2 Å². The third-order valence-corrected chi connectivity index (χ3v) is 3.63. The number of ether oxygens (including phenoxy) is 1. The zero-order chi connectivity index (χ0) is 14.2. The van der Waals surface area contributed by atoms with Gasteiger partial charge >= 0.3 is 5.97 Å². The maximum Gasteiger partial charge on any atom is 0.311 e. The SMILES string of the molecule is COC(=O)C1CC(=O)N(c2cc(F)c(Br)cc2N)C1. The minimum absolute atomic E-state index is 0.0454. The Labute approximate surface area is 117 Å². The molecule has 1 heterocycles. The van der Waals surface area contributed by atoms with Crippen LogP contribution in [-0.4, -0.2) is 25.5 Å². The van der Waals surface area contributed by atoms with Gasteiger partial charge in [0.2, 0.25) is 5.91 Å². The maximum atomic E-state index is 13.5. The Bertz CT molecular complexity index is 550. The number of nitrogens with zero attached hydrogens (tertiary/aromatic N) is 1. The summed E-state index contributed by atoms with van der Waals surface area (Å²) in [4.78, 5) is 24.6. The number of rotatable bonds is 2. The van der Waals surface area contributed by atoms with Crippen LogP contribution in [0.2, 0.25) is 0 Å². The van der Waals surface area contributed by atoms with Crippen LogP contribution in [0.15, 0.2) is 16.6 Å². The standard InChI is InChI=1S/C12H12BrFN2O3/c1-19-12(18)6-2-11(17)16(5-6)10-4-8(14)7(13)3-9(10)15/h3-4,6H,2,5,15H2,1H3. The highest BCUT2D eigenvalue weighted by molar-refractivity contribution is 9.10. The minimum atomic E-state index is -0.538. The molecule has 1 aromatic carbocycles. The number of benzene rings is 1. The van der Waals surface area contributed by atoms with Gasteiger partial charge < -0.3 is 15.4 Å². The van der Waals surface area contributed by atoms with Gasteiger partial charge in [0, 0.05) is 19.0 Å². The third kappa shape index (κ3) is 2.56. The number of amides is 1. The van der Waals surface area contributed by atoms with Gasteiger partial charge in [-0.1, -0.05) is 0 Å². The summed E-state index contributed by atoms with van der Waals surface area (Å²) in [7, 11) is 1.27. The first kappa shape index (κ1) is 13.8. The van der Waals surface area contributed by atoms with E-state index in [1.807, 2.05) is 0 Å². The van der Waals surface area contributed by atoms with Crippen LogP contribution in [0.5, 0.6) is 0 Å². The van der Waals surface area contributed by atoms with E-state index in [1.165, 1.54) is 24.1 Å². The normalized spacial score (nSPS) is 18.8. The number of nitrogen functional groups attached to an aromatic ring is 1. The van der Waals surface area contributed by atoms with Crippen molar-refractivity contribution in [3.05, 3.63) is 22.4 Å². The number of anilines is 2. The van der Waals surface area contributed by atoms with Gasteiger partial charge in [-0.25, -0.2) is 4.39 Å². The molecule has 19 heavy (non-hydrogen) atoms. The summed E-state index contributed by atoms with van der Waals surface area (Å²) in [6.45, 7) is 0.150. The van der Waals surface area contributed by atoms with E-state index in [0.29, 0.717) is 0 Å². The Kier molecular flexibility index (Phi) is 3.75. The molecule has 2 N–H and O–H groups in total. The van der Waals surface area contributed by atoms with E-state index >= 15 is 0 Å². The fraction of sp³-hybridized carbons (Fsp3) is 0.333. The lowest BCUT2D eigenvalue weighted by Gasteiger charge is -2.19. The van der Waals surface area contributed by atoms with Crippen LogP contribution >= 0.6 is 15.9 Å². The van der Waals surface area contributed by atoms with E-state index in [4.69, 9.17) is 5.73 Å². The fourth-order valence-corrected chi connectivity index (χ4v) is 2.41. The van der Waals surface area contributed by atoms with Gasteiger partial charge in [0.05, 0.1) is 28.9 Å². The summed E-state index contributed by atoms with van der Waals surface area (Å²) < 4.78 is 18.4. The van der Waals surface area contributed by atoms with E-state index in [1.54, 1.807) is 0 Å². The van der Waals surface area contributed by atoms with E-state index in [0.717, 1.165) is 0 Å². The van der Waals surface area contributed by atoms with Crippen molar-refractivity contribution < 1.29 is 18.7 Å². The van der Waals surface area contributed by atoms with Crippen LogP contribution in [0.25, 0.3) is 0 Å². The number of carbonyl (C=O) groups excluding carboxylic acids is 2. The highest BCUT2D eigenvalue weighted by Gasteiger charge is 2.36. The average molecular weight is 331 g/mol. The topological polar surface area (TPSA) is 72.6 Å². The number of esters is 1. The molecule has 0 aromatic heterocycles. The smallest absolute Gasteiger partial charge is 0.311 e. The number of hydrogen-bond donors (Lipinski definition) is 1. The molecule has 0 saturated carbocycles. The van der Waals surface area contributed by atoms with Gasteiger partial charge in [-0.2, -0.15) is 0 Å². The third-order valence-electron chi connectivity index (χ3n) is 3.02. The van der Waals surface area contributed by atoms with Gasteiger partial charge in [0.1, 0.15) is 5.82 Å². The fourth-order valence-electron chi connectivity index (χ4n) is 2.05. The second-order valence-electron chi connectivity index (χ2n) is 4.25. The average Bonchev–Trinajstić information content (AvgIpc) is 2.75. The quantitative estimate of drug-likeness (QED) is 0.661. The molecule has 1 saturated heterocycles. The second-order valence-corrected chi connectivity index (χ2v) is 5.11. The Morgan fingerprint density at radius 3 is 2.89 bits per heavy atom. The molecule has 7 heteroatoms. The van der Waals surface area contributed by atoms with Crippen LogP contribution in [0.4, 0.5) is 15.8 Å². The summed E-state index contributed by atoms with van der Waals surface area (Å²) in [5.74, 6) is -1.78. The summed E-state index contributed by atoms with van der Waals surface area (Å²) in [6, 6.07) is 2.57. The Morgan fingerprint density at radius 2 is 2.26 bits per heavy atom. The highest BCUT2D eigenvalue weighted by Crippen LogP contribution is 2.33. The molecule has 1 amide bonds. The molecule has 0 aliphatic carbocycles. The Morgan fingerprint density at radius 1 is 1.58 bits per heavy atom. The molecule has 0 spiro atoms. The summed E-state index contributed by atoms with van der Waals surface area (Å²) in [5, 5.41) is 0. The van der Waals surface area contributed by atoms with Gasteiger partial charge in [0.15, 0.2) is 0 Å². The van der Waals surface area contributed by atoms with Crippen LogP contribution in [0.3, 0.4) is 0 Å². The van der Waals surface area contributed by atoms with Gasteiger partial charge in [-0.15, -0.1) is 0 Å². The number of halogens is 2. The van der Waals surface area contributed by atoms with E-state index < -0.39 is 17.7 Å². The minimum Gasteiger partial charge on any atom is -0.469 e. The van der Waals surface area contributed by atoms with Crippen molar-refractivity contribution in [3.8, 4) is 0 Å². The van der Waals surface area contributed by atoms with Crippen molar-refractivity contribution in [2.75, 3.05) is 24.3 Å². The van der Waals surface area contributed by atoms with Crippen molar-refractivity contribution in [2.24, 2.45) is 5.92 Å². The number of carbonyl (C=O) groups is 2. The molecule has 0 bridgehead atoms. The number of hydrogen-bond acceptors (Lipinski definition) is 4. The number of nitrogens with two attached hydrogens (primary N) is 1. The summed E-state index contributed by atoms with van der Waals surface area (Å²) >= 11 is 3.02. The van der Waals surface area contributed by atoms with Gasteiger partial charge in [0.25, 0.3) is 0 Å². The van der Waals surface area contributed by atoms with Crippen molar-refractivity contribution in [2.45, 2.75) is 6.42 Å². The van der Waals surface area contributed by atoms with Crippen LogP contribution in [0, 0.1) is 11.7 Å².